The molecule has 2 heterocycles. The van der Waals surface area contributed by atoms with Crippen molar-refractivity contribution in [3.8, 4) is 0 Å². The largest absolute Gasteiger partial charge is 0.386 e. The number of fused-ring (bicyclic) bond motifs is 1. The molecule has 4 heteroatoms. The Morgan fingerprint density at radius 3 is 2.88 bits per heavy atom. The summed E-state index contributed by atoms with van der Waals surface area (Å²) < 4.78 is 1.93. The van der Waals surface area contributed by atoms with Crippen LogP contribution in [0.4, 0.5) is 0 Å². The second kappa shape index (κ2) is 3.82. The van der Waals surface area contributed by atoms with Gasteiger partial charge in [-0.15, -0.1) is 0 Å². The summed E-state index contributed by atoms with van der Waals surface area (Å²) in [4.78, 5) is 4.47. The van der Waals surface area contributed by atoms with Gasteiger partial charge in [0.1, 0.15) is 11.8 Å². The van der Waals surface area contributed by atoms with E-state index in [-0.39, 0.29) is 5.41 Å². The summed E-state index contributed by atoms with van der Waals surface area (Å²) >= 11 is 0. The van der Waals surface area contributed by atoms with Crippen LogP contribution in [0.5, 0.6) is 0 Å². The van der Waals surface area contributed by atoms with Crippen molar-refractivity contribution in [3.63, 3.8) is 0 Å². The third-order valence-corrected chi connectivity index (χ3v) is 4.00. The molecule has 3 N–H and O–H groups in total. The predicted molar refractivity (Wildman–Crippen MR) is 65.5 cm³/mol. The first-order valence-electron chi connectivity index (χ1n) is 6.07. The van der Waals surface area contributed by atoms with Crippen molar-refractivity contribution in [3.05, 3.63) is 36.3 Å². The third-order valence-electron chi connectivity index (χ3n) is 4.00. The number of aromatic nitrogens is 2. The second-order valence-electron chi connectivity index (χ2n) is 4.95. The lowest BCUT2D eigenvalue weighted by Crippen LogP contribution is -2.42. The minimum absolute atomic E-state index is 0.141. The number of hydrogen-bond donors (Lipinski definition) is 2. The van der Waals surface area contributed by atoms with Gasteiger partial charge in [-0.2, -0.15) is 0 Å². The van der Waals surface area contributed by atoms with Crippen molar-refractivity contribution in [1.82, 2.24) is 9.38 Å². The van der Waals surface area contributed by atoms with Crippen molar-refractivity contribution < 1.29 is 5.11 Å². The molecule has 1 aliphatic carbocycles. The fourth-order valence-corrected chi connectivity index (χ4v) is 2.62. The van der Waals surface area contributed by atoms with Crippen LogP contribution in [-0.2, 0) is 0 Å². The smallest absolute Gasteiger partial charge is 0.137 e. The zero-order valence-electron chi connectivity index (χ0n) is 9.71. The molecule has 1 atom stereocenters. The van der Waals surface area contributed by atoms with E-state index >= 15 is 0 Å². The summed E-state index contributed by atoms with van der Waals surface area (Å²) in [7, 11) is 0. The molecule has 4 nitrogen and oxygen atoms in total. The minimum atomic E-state index is -0.541. The SMILES string of the molecule is NCC1(C(O)c2cn3ccccc3n2)CCC1. The summed E-state index contributed by atoms with van der Waals surface area (Å²) in [5.74, 6) is 0. The molecular formula is C13H17N3O. The van der Waals surface area contributed by atoms with Crippen LogP contribution >= 0.6 is 0 Å². The van der Waals surface area contributed by atoms with Crippen LogP contribution in [0.25, 0.3) is 5.65 Å². The number of rotatable bonds is 3. The van der Waals surface area contributed by atoms with E-state index in [2.05, 4.69) is 4.98 Å². The van der Waals surface area contributed by atoms with Crippen molar-refractivity contribution in [2.24, 2.45) is 11.1 Å². The van der Waals surface area contributed by atoms with E-state index in [1.54, 1.807) is 0 Å². The van der Waals surface area contributed by atoms with Gasteiger partial charge in [0.2, 0.25) is 0 Å². The molecule has 1 aliphatic rings. The fraction of sp³-hybridized carbons (Fsp3) is 0.462. The Bertz CT molecular complexity index is 492. The first-order valence-corrected chi connectivity index (χ1v) is 6.07. The van der Waals surface area contributed by atoms with E-state index in [1.165, 1.54) is 0 Å². The standard InChI is InChI=1S/C13H17N3O/c14-9-13(5-3-6-13)12(17)10-8-16-7-2-1-4-11(16)15-10/h1-2,4,7-8,12,17H,3,5-6,9,14H2. The van der Waals surface area contributed by atoms with Crippen LogP contribution in [0.3, 0.4) is 0 Å². The Morgan fingerprint density at radius 2 is 2.29 bits per heavy atom. The first kappa shape index (κ1) is 10.7. The van der Waals surface area contributed by atoms with Gasteiger partial charge in [-0.1, -0.05) is 12.5 Å². The molecule has 0 aromatic carbocycles. The number of pyridine rings is 1. The number of hydrogen-bond acceptors (Lipinski definition) is 3. The first-order chi connectivity index (χ1) is 8.25. The maximum absolute atomic E-state index is 10.4. The van der Waals surface area contributed by atoms with Crippen LogP contribution in [0.2, 0.25) is 0 Å². The van der Waals surface area contributed by atoms with Gasteiger partial charge in [0, 0.05) is 24.4 Å². The topological polar surface area (TPSA) is 63.5 Å². The highest BCUT2D eigenvalue weighted by Gasteiger charge is 2.43. The van der Waals surface area contributed by atoms with Crippen LogP contribution in [0.1, 0.15) is 31.1 Å². The quantitative estimate of drug-likeness (QED) is 0.841. The maximum atomic E-state index is 10.4. The van der Waals surface area contributed by atoms with Gasteiger partial charge in [0.15, 0.2) is 0 Å². The maximum Gasteiger partial charge on any atom is 0.137 e. The molecule has 3 rings (SSSR count). The van der Waals surface area contributed by atoms with Crippen molar-refractivity contribution in [2.75, 3.05) is 6.54 Å². The number of nitrogens with zero attached hydrogens (tertiary/aromatic N) is 2. The molecule has 17 heavy (non-hydrogen) atoms. The molecule has 0 radical (unpaired) electrons. The Balaban J connectivity index is 1.97. The van der Waals surface area contributed by atoms with Gasteiger partial charge in [-0.25, -0.2) is 4.98 Å². The molecule has 90 valence electrons. The van der Waals surface area contributed by atoms with E-state index in [4.69, 9.17) is 5.73 Å². The van der Waals surface area contributed by atoms with Gasteiger partial charge >= 0.3 is 0 Å². The lowest BCUT2D eigenvalue weighted by Gasteiger charge is -2.44. The summed E-state index contributed by atoms with van der Waals surface area (Å²) in [6.07, 6.45) is 6.45. The van der Waals surface area contributed by atoms with E-state index in [9.17, 15) is 5.11 Å². The van der Waals surface area contributed by atoms with E-state index < -0.39 is 6.10 Å². The van der Waals surface area contributed by atoms with Crippen molar-refractivity contribution in [2.45, 2.75) is 25.4 Å². The Labute approximate surface area is 100 Å². The average molecular weight is 231 g/mol. The highest BCUT2D eigenvalue weighted by molar-refractivity contribution is 5.40. The van der Waals surface area contributed by atoms with Crippen molar-refractivity contribution in [1.29, 1.82) is 0 Å². The normalized spacial score (nSPS) is 20.1. The summed E-state index contributed by atoms with van der Waals surface area (Å²) in [6, 6.07) is 5.83. The van der Waals surface area contributed by atoms with Crippen LogP contribution in [-0.4, -0.2) is 21.0 Å². The predicted octanol–water partition coefficient (Wildman–Crippen LogP) is 1.50. The Hall–Kier alpha value is -1.39. The summed E-state index contributed by atoms with van der Waals surface area (Å²) in [6.45, 7) is 0.530. The molecule has 1 saturated carbocycles. The van der Waals surface area contributed by atoms with Gasteiger partial charge in [-0.05, 0) is 25.0 Å². The van der Waals surface area contributed by atoms with E-state index in [1.807, 2.05) is 35.0 Å². The highest BCUT2D eigenvalue weighted by atomic mass is 16.3. The summed E-state index contributed by atoms with van der Waals surface area (Å²) in [5.41, 5.74) is 7.27. The Kier molecular flexibility index (Phi) is 2.42. The lowest BCUT2D eigenvalue weighted by molar-refractivity contribution is -0.0319. The van der Waals surface area contributed by atoms with Gasteiger partial charge in [-0.3, -0.25) is 0 Å². The molecule has 0 bridgehead atoms. The van der Waals surface area contributed by atoms with Gasteiger partial charge in [0.05, 0.1) is 5.69 Å². The molecule has 2 aromatic heterocycles. The minimum Gasteiger partial charge on any atom is -0.386 e. The monoisotopic (exact) mass is 231 g/mol. The average Bonchev–Trinajstić information content (AvgIpc) is 2.71. The molecule has 1 unspecified atom stereocenters. The number of aliphatic hydroxyl groups is 1. The zero-order chi connectivity index (χ0) is 11.9. The molecule has 0 amide bonds. The molecule has 0 spiro atoms. The fourth-order valence-electron chi connectivity index (χ4n) is 2.62. The number of aliphatic hydroxyl groups excluding tert-OH is 1. The van der Waals surface area contributed by atoms with E-state index in [0.717, 1.165) is 30.6 Å². The van der Waals surface area contributed by atoms with Gasteiger partial charge in [0.25, 0.3) is 0 Å². The van der Waals surface area contributed by atoms with Crippen LogP contribution in [0.15, 0.2) is 30.6 Å². The molecule has 2 aromatic rings. The van der Waals surface area contributed by atoms with Crippen LogP contribution in [0, 0.1) is 5.41 Å². The molecule has 1 fully saturated rings. The van der Waals surface area contributed by atoms with Crippen molar-refractivity contribution >= 4 is 5.65 Å². The zero-order valence-corrected chi connectivity index (χ0v) is 9.71. The van der Waals surface area contributed by atoms with Crippen LogP contribution < -0.4 is 5.73 Å². The number of imidazole rings is 1. The lowest BCUT2D eigenvalue weighted by atomic mass is 9.64. The summed E-state index contributed by atoms with van der Waals surface area (Å²) in [5, 5.41) is 10.4. The molecular weight excluding hydrogens is 214 g/mol. The van der Waals surface area contributed by atoms with Gasteiger partial charge < -0.3 is 15.2 Å². The molecule has 0 aliphatic heterocycles. The van der Waals surface area contributed by atoms with E-state index in [0.29, 0.717) is 6.54 Å². The molecule has 0 saturated heterocycles. The second-order valence-corrected chi connectivity index (χ2v) is 4.95. The highest BCUT2D eigenvalue weighted by Crippen LogP contribution is 2.49. The Morgan fingerprint density at radius 1 is 1.47 bits per heavy atom. The third kappa shape index (κ3) is 1.56. The number of nitrogens with two attached hydrogens (primary N) is 1.